The van der Waals surface area contributed by atoms with Crippen LogP contribution in [0.2, 0.25) is 0 Å². The summed E-state index contributed by atoms with van der Waals surface area (Å²) in [4.78, 5) is 21.6. The maximum absolute atomic E-state index is 11.3. The Morgan fingerprint density at radius 3 is 2.62 bits per heavy atom. The highest BCUT2D eigenvalue weighted by Crippen LogP contribution is 2.11. The van der Waals surface area contributed by atoms with Gasteiger partial charge in [0.2, 0.25) is 6.41 Å². The first-order valence-electron chi connectivity index (χ1n) is 4.72. The second kappa shape index (κ2) is 5.75. The van der Waals surface area contributed by atoms with Crippen LogP contribution < -0.4 is 5.32 Å². The molecular weight excluding hydrogens is 210 g/mol. The van der Waals surface area contributed by atoms with Gasteiger partial charge in [-0.15, -0.1) is 0 Å². The molecule has 16 heavy (non-hydrogen) atoms. The smallest absolute Gasteiger partial charge is 0.328 e. The molecule has 1 aromatic rings. The molecule has 2 N–H and O–H groups in total. The molecular formula is C11H13NO4. The van der Waals surface area contributed by atoms with Crippen LogP contribution in [0.1, 0.15) is 5.56 Å². The lowest BCUT2D eigenvalue weighted by atomic mass is 10.1. The average molecular weight is 223 g/mol. The molecule has 5 heteroatoms. The van der Waals surface area contributed by atoms with Crippen LogP contribution in [0.4, 0.5) is 0 Å². The SMILES string of the molecule is COC(=O)[C@@H](Cc1ccc(O)cc1)NC=O. The van der Waals surface area contributed by atoms with Crippen molar-refractivity contribution in [1.82, 2.24) is 5.32 Å². The fraction of sp³-hybridized carbons (Fsp3) is 0.273. The first-order chi connectivity index (χ1) is 7.67. The van der Waals surface area contributed by atoms with Crippen molar-refractivity contribution >= 4 is 12.4 Å². The van der Waals surface area contributed by atoms with Gasteiger partial charge in [-0.3, -0.25) is 4.79 Å². The molecule has 0 spiro atoms. The summed E-state index contributed by atoms with van der Waals surface area (Å²) in [6.45, 7) is 0. The van der Waals surface area contributed by atoms with Gasteiger partial charge in [0.25, 0.3) is 0 Å². The molecule has 0 saturated heterocycles. The minimum atomic E-state index is -0.702. The van der Waals surface area contributed by atoms with Crippen LogP contribution in [0.15, 0.2) is 24.3 Å². The normalized spacial score (nSPS) is 11.6. The van der Waals surface area contributed by atoms with Crippen LogP contribution in [-0.2, 0) is 20.7 Å². The summed E-state index contributed by atoms with van der Waals surface area (Å²) >= 11 is 0. The third kappa shape index (κ3) is 3.27. The highest BCUT2D eigenvalue weighted by molar-refractivity contribution is 5.78. The van der Waals surface area contributed by atoms with E-state index >= 15 is 0 Å². The molecule has 0 saturated carbocycles. The standard InChI is InChI=1S/C11H13NO4/c1-16-11(15)10(12-7-13)6-8-2-4-9(14)5-3-8/h2-5,7,10,14H,6H2,1H3,(H,12,13)/t10-/m1/s1. The number of rotatable bonds is 5. The molecule has 0 radical (unpaired) electrons. The van der Waals surface area contributed by atoms with Gasteiger partial charge in [0, 0.05) is 6.42 Å². The second-order valence-electron chi connectivity index (χ2n) is 3.23. The first kappa shape index (κ1) is 12.0. The minimum Gasteiger partial charge on any atom is -0.508 e. The Labute approximate surface area is 93.0 Å². The number of phenols is 1. The molecule has 5 nitrogen and oxygen atoms in total. The molecule has 0 bridgehead atoms. The third-order valence-corrected chi connectivity index (χ3v) is 2.13. The summed E-state index contributed by atoms with van der Waals surface area (Å²) in [5.41, 5.74) is 0.822. The number of amides is 1. The molecule has 1 atom stereocenters. The minimum absolute atomic E-state index is 0.154. The second-order valence-corrected chi connectivity index (χ2v) is 3.23. The van der Waals surface area contributed by atoms with Crippen LogP contribution in [0.25, 0.3) is 0 Å². The lowest BCUT2D eigenvalue weighted by Crippen LogP contribution is -2.38. The van der Waals surface area contributed by atoms with Crippen molar-refractivity contribution in [3.63, 3.8) is 0 Å². The quantitative estimate of drug-likeness (QED) is 0.553. The zero-order valence-electron chi connectivity index (χ0n) is 8.84. The maximum atomic E-state index is 11.3. The number of ether oxygens (including phenoxy) is 1. The largest absolute Gasteiger partial charge is 0.508 e. The highest BCUT2D eigenvalue weighted by Gasteiger charge is 2.18. The first-order valence-corrected chi connectivity index (χ1v) is 4.72. The van der Waals surface area contributed by atoms with Crippen molar-refractivity contribution in [3.05, 3.63) is 29.8 Å². The lowest BCUT2D eigenvalue weighted by molar-refractivity contribution is -0.144. The van der Waals surface area contributed by atoms with E-state index < -0.39 is 12.0 Å². The number of phenolic OH excluding ortho intramolecular Hbond substituents is 1. The van der Waals surface area contributed by atoms with Gasteiger partial charge in [-0.25, -0.2) is 4.79 Å². The zero-order chi connectivity index (χ0) is 12.0. The fourth-order valence-electron chi connectivity index (χ4n) is 1.30. The van der Waals surface area contributed by atoms with E-state index in [-0.39, 0.29) is 5.75 Å². The number of benzene rings is 1. The molecule has 0 aliphatic carbocycles. The Morgan fingerprint density at radius 2 is 2.12 bits per heavy atom. The van der Waals surface area contributed by atoms with Gasteiger partial charge in [0.15, 0.2) is 0 Å². The number of esters is 1. The van der Waals surface area contributed by atoms with Crippen LogP contribution in [0, 0.1) is 0 Å². The predicted molar refractivity (Wildman–Crippen MR) is 56.8 cm³/mol. The topological polar surface area (TPSA) is 75.6 Å². The molecule has 0 aromatic heterocycles. The Balaban J connectivity index is 2.71. The summed E-state index contributed by atoms with van der Waals surface area (Å²) in [6.07, 6.45) is 0.785. The molecule has 1 amide bonds. The van der Waals surface area contributed by atoms with Crippen molar-refractivity contribution < 1.29 is 19.4 Å². The van der Waals surface area contributed by atoms with E-state index in [1.165, 1.54) is 19.2 Å². The number of hydrogen-bond acceptors (Lipinski definition) is 4. The van der Waals surface area contributed by atoms with E-state index in [2.05, 4.69) is 10.1 Å². The Hall–Kier alpha value is -2.04. The van der Waals surface area contributed by atoms with Gasteiger partial charge in [-0.05, 0) is 17.7 Å². The van der Waals surface area contributed by atoms with Gasteiger partial charge in [0.1, 0.15) is 11.8 Å². The van der Waals surface area contributed by atoms with Crippen LogP contribution in [-0.4, -0.2) is 30.6 Å². The molecule has 0 fully saturated rings. The van der Waals surface area contributed by atoms with Gasteiger partial charge in [-0.2, -0.15) is 0 Å². The van der Waals surface area contributed by atoms with E-state index in [4.69, 9.17) is 5.11 Å². The summed E-state index contributed by atoms with van der Waals surface area (Å²) in [7, 11) is 1.26. The van der Waals surface area contributed by atoms with Crippen molar-refractivity contribution in [2.75, 3.05) is 7.11 Å². The number of nitrogens with one attached hydrogen (secondary N) is 1. The van der Waals surface area contributed by atoms with Crippen LogP contribution in [0.3, 0.4) is 0 Å². The van der Waals surface area contributed by atoms with E-state index in [0.717, 1.165) is 5.56 Å². The molecule has 0 heterocycles. The van der Waals surface area contributed by atoms with E-state index in [1.807, 2.05) is 0 Å². The van der Waals surface area contributed by atoms with E-state index in [9.17, 15) is 9.59 Å². The Bertz CT molecular complexity index is 361. The van der Waals surface area contributed by atoms with Crippen molar-refractivity contribution in [1.29, 1.82) is 0 Å². The number of carbonyl (C=O) groups is 2. The third-order valence-electron chi connectivity index (χ3n) is 2.13. The highest BCUT2D eigenvalue weighted by atomic mass is 16.5. The summed E-state index contributed by atoms with van der Waals surface area (Å²) in [5.74, 6) is -0.345. The molecule has 0 aliphatic rings. The Morgan fingerprint density at radius 1 is 1.50 bits per heavy atom. The monoisotopic (exact) mass is 223 g/mol. The molecule has 1 aromatic carbocycles. The number of aromatic hydroxyl groups is 1. The van der Waals surface area contributed by atoms with Crippen LogP contribution in [0.5, 0.6) is 5.75 Å². The van der Waals surface area contributed by atoms with Gasteiger partial charge < -0.3 is 15.2 Å². The fourth-order valence-corrected chi connectivity index (χ4v) is 1.30. The summed E-state index contributed by atoms with van der Waals surface area (Å²) in [5, 5.41) is 11.5. The van der Waals surface area contributed by atoms with Crippen molar-refractivity contribution in [3.8, 4) is 5.75 Å². The number of methoxy groups -OCH3 is 1. The van der Waals surface area contributed by atoms with Crippen molar-refractivity contribution in [2.45, 2.75) is 12.5 Å². The predicted octanol–water partition coefficient (Wildman–Crippen LogP) is 0.222. The van der Waals surface area contributed by atoms with E-state index in [1.54, 1.807) is 12.1 Å². The van der Waals surface area contributed by atoms with Gasteiger partial charge >= 0.3 is 5.97 Å². The molecule has 86 valence electrons. The number of hydrogen-bond donors (Lipinski definition) is 2. The molecule has 0 aliphatic heterocycles. The average Bonchev–Trinajstić information content (AvgIpc) is 2.30. The van der Waals surface area contributed by atoms with E-state index in [0.29, 0.717) is 12.8 Å². The summed E-state index contributed by atoms with van der Waals surface area (Å²) in [6, 6.07) is 5.69. The number of carbonyl (C=O) groups excluding carboxylic acids is 2. The van der Waals surface area contributed by atoms with Gasteiger partial charge in [-0.1, -0.05) is 12.1 Å². The molecule has 1 rings (SSSR count). The Kier molecular flexibility index (Phi) is 4.32. The van der Waals surface area contributed by atoms with Crippen LogP contribution >= 0.6 is 0 Å². The van der Waals surface area contributed by atoms with Gasteiger partial charge in [0.05, 0.1) is 7.11 Å². The molecule has 0 unspecified atom stereocenters. The maximum Gasteiger partial charge on any atom is 0.328 e. The summed E-state index contributed by atoms with van der Waals surface area (Å²) < 4.78 is 4.55. The zero-order valence-corrected chi connectivity index (χ0v) is 8.84. The van der Waals surface area contributed by atoms with Crippen molar-refractivity contribution in [2.24, 2.45) is 0 Å². The lowest BCUT2D eigenvalue weighted by Gasteiger charge is -2.13.